The number of carbonyl (C=O) groups is 2. The normalized spacial score (nSPS) is 24.1. The molecular formula is C24H38F6N2O6. The fourth-order valence-corrected chi connectivity index (χ4v) is 5.08. The van der Waals surface area contributed by atoms with E-state index in [9.17, 15) is 26.3 Å². The fraction of sp³-hybridized carbons (Fsp3) is 0.917. The Kier molecular flexibility index (Phi) is 12.1. The van der Waals surface area contributed by atoms with Crippen molar-refractivity contribution in [3.63, 3.8) is 0 Å². The van der Waals surface area contributed by atoms with Gasteiger partial charge in [0.25, 0.3) is 0 Å². The van der Waals surface area contributed by atoms with E-state index in [0.717, 1.165) is 44.2 Å². The van der Waals surface area contributed by atoms with Crippen LogP contribution in [0, 0.1) is 17.3 Å². The Bertz CT molecular complexity index is 726. The third-order valence-corrected chi connectivity index (χ3v) is 7.73. The van der Waals surface area contributed by atoms with E-state index in [4.69, 9.17) is 29.3 Å². The van der Waals surface area contributed by atoms with Gasteiger partial charge in [-0.05, 0) is 62.9 Å². The Balaban J connectivity index is 0.000000301. The first kappa shape index (κ1) is 32.6. The van der Waals surface area contributed by atoms with Gasteiger partial charge in [0.05, 0.1) is 13.2 Å². The molecule has 0 aromatic carbocycles. The van der Waals surface area contributed by atoms with Crippen LogP contribution in [0.4, 0.5) is 26.3 Å². The summed E-state index contributed by atoms with van der Waals surface area (Å²) in [6.45, 7) is 9.08. The van der Waals surface area contributed by atoms with Gasteiger partial charge in [-0.1, -0.05) is 6.42 Å². The fourth-order valence-electron chi connectivity index (χ4n) is 5.08. The summed E-state index contributed by atoms with van der Waals surface area (Å²) in [4.78, 5) is 23.2. The molecule has 1 atom stereocenters. The molecule has 4 fully saturated rings. The Hall–Kier alpha value is -1.64. The minimum absolute atomic E-state index is 0.511. The van der Waals surface area contributed by atoms with Crippen molar-refractivity contribution < 1.29 is 55.6 Å². The third-order valence-electron chi connectivity index (χ3n) is 7.73. The quantitative estimate of drug-likeness (QED) is 0.429. The minimum Gasteiger partial charge on any atom is -0.475 e. The smallest absolute Gasteiger partial charge is 0.475 e. The molecule has 0 aromatic rings. The van der Waals surface area contributed by atoms with Gasteiger partial charge in [-0.15, -0.1) is 0 Å². The van der Waals surface area contributed by atoms with Gasteiger partial charge in [-0.25, -0.2) is 9.59 Å². The number of aliphatic carboxylic acids is 2. The molecule has 0 aromatic heterocycles. The molecule has 4 aliphatic rings. The maximum absolute atomic E-state index is 10.6. The summed E-state index contributed by atoms with van der Waals surface area (Å²) < 4.78 is 75.0. The van der Waals surface area contributed by atoms with Crippen molar-refractivity contribution in [2.45, 2.75) is 63.3 Å². The molecule has 0 bridgehead atoms. The predicted octanol–water partition coefficient (Wildman–Crippen LogP) is 3.89. The summed E-state index contributed by atoms with van der Waals surface area (Å²) in [7, 11) is 1.82. The van der Waals surface area contributed by atoms with E-state index >= 15 is 0 Å². The summed E-state index contributed by atoms with van der Waals surface area (Å²) in [6, 6.07) is 0.915. The van der Waals surface area contributed by atoms with Crippen molar-refractivity contribution in [3.8, 4) is 0 Å². The SMILES string of the molecule is COCCN1CC(COCC2CC2)C2(CCN(C3CCC3)CC2)C1.O=C(O)C(F)(F)F.O=C(O)C(F)(F)F. The van der Waals surface area contributed by atoms with E-state index in [0.29, 0.717) is 5.41 Å². The number of methoxy groups -OCH3 is 1. The molecule has 2 N–H and O–H groups in total. The van der Waals surface area contributed by atoms with Crippen LogP contribution in [0.5, 0.6) is 0 Å². The highest BCUT2D eigenvalue weighted by Gasteiger charge is 2.48. The molecule has 1 unspecified atom stereocenters. The lowest BCUT2D eigenvalue weighted by Crippen LogP contribution is -2.50. The number of likely N-dealkylation sites (tertiary alicyclic amines) is 2. The molecule has 14 heteroatoms. The number of carboxylic acid groups (broad SMARTS) is 2. The lowest BCUT2D eigenvalue weighted by molar-refractivity contribution is -0.193. The van der Waals surface area contributed by atoms with E-state index in [2.05, 4.69) is 9.80 Å². The van der Waals surface area contributed by atoms with Gasteiger partial charge in [-0.3, -0.25) is 0 Å². The van der Waals surface area contributed by atoms with Gasteiger partial charge in [0.15, 0.2) is 0 Å². The van der Waals surface area contributed by atoms with Crippen LogP contribution < -0.4 is 0 Å². The van der Waals surface area contributed by atoms with Crippen molar-refractivity contribution in [1.82, 2.24) is 9.80 Å². The molecule has 2 heterocycles. The van der Waals surface area contributed by atoms with Crippen molar-refractivity contribution in [2.24, 2.45) is 17.3 Å². The van der Waals surface area contributed by atoms with Crippen molar-refractivity contribution >= 4 is 11.9 Å². The highest BCUT2D eigenvalue weighted by Crippen LogP contribution is 2.46. The second-order valence-electron chi connectivity index (χ2n) is 10.5. The zero-order chi connectivity index (χ0) is 28.6. The third kappa shape index (κ3) is 10.5. The lowest BCUT2D eigenvalue weighted by atomic mass is 9.70. The minimum atomic E-state index is -5.08. The Morgan fingerprint density at radius 1 is 0.921 bits per heavy atom. The molecule has 4 rings (SSSR count). The standard InChI is InChI=1S/C20H36N2O2.2C2HF3O2/c1-23-12-11-21-13-18(15-24-14-17-5-6-17)20(16-21)7-9-22(10-8-20)19-3-2-4-19;2*3-2(4,5)1(6)7/h17-19H,2-16H2,1H3;2*(H,6,7). The monoisotopic (exact) mass is 564 g/mol. The zero-order valence-electron chi connectivity index (χ0n) is 21.5. The number of nitrogens with zero attached hydrogens (tertiary/aromatic N) is 2. The summed E-state index contributed by atoms with van der Waals surface area (Å²) in [5, 5.41) is 14.2. The largest absolute Gasteiger partial charge is 0.490 e. The van der Waals surface area contributed by atoms with Crippen LogP contribution >= 0.6 is 0 Å². The molecule has 2 aliphatic carbocycles. The molecular weight excluding hydrogens is 526 g/mol. The van der Waals surface area contributed by atoms with Crippen LogP contribution in [0.1, 0.15) is 44.9 Å². The van der Waals surface area contributed by atoms with E-state index in [1.807, 2.05) is 7.11 Å². The number of rotatable bonds is 8. The molecule has 2 aliphatic heterocycles. The number of piperidine rings is 1. The van der Waals surface area contributed by atoms with Crippen LogP contribution in [-0.2, 0) is 19.1 Å². The first-order chi connectivity index (χ1) is 17.7. The zero-order valence-corrected chi connectivity index (χ0v) is 21.5. The van der Waals surface area contributed by atoms with Crippen LogP contribution in [0.3, 0.4) is 0 Å². The summed E-state index contributed by atoms with van der Waals surface area (Å²) in [5.74, 6) is -3.90. The Morgan fingerprint density at radius 2 is 1.45 bits per heavy atom. The number of ether oxygens (including phenoxy) is 2. The van der Waals surface area contributed by atoms with E-state index in [-0.39, 0.29) is 0 Å². The molecule has 8 nitrogen and oxygen atoms in total. The molecule has 38 heavy (non-hydrogen) atoms. The second-order valence-corrected chi connectivity index (χ2v) is 10.5. The Morgan fingerprint density at radius 3 is 1.84 bits per heavy atom. The maximum Gasteiger partial charge on any atom is 0.490 e. The number of alkyl halides is 6. The predicted molar refractivity (Wildman–Crippen MR) is 124 cm³/mol. The number of halogens is 6. The molecule has 222 valence electrons. The molecule has 0 amide bonds. The maximum atomic E-state index is 10.6. The Labute approximate surface area is 218 Å². The van der Waals surface area contributed by atoms with Gasteiger partial charge >= 0.3 is 24.3 Å². The van der Waals surface area contributed by atoms with E-state index < -0.39 is 24.3 Å². The summed E-state index contributed by atoms with van der Waals surface area (Å²) in [5.41, 5.74) is 0.511. The second kappa shape index (κ2) is 14.1. The lowest BCUT2D eigenvalue weighted by Gasteiger charge is -2.47. The van der Waals surface area contributed by atoms with E-state index in [1.54, 1.807) is 0 Å². The van der Waals surface area contributed by atoms with Crippen LogP contribution in [0.15, 0.2) is 0 Å². The van der Waals surface area contributed by atoms with Gasteiger partial charge in [0.1, 0.15) is 0 Å². The van der Waals surface area contributed by atoms with Crippen molar-refractivity contribution in [1.29, 1.82) is 0 Å². The summed E-state index contributed by atoms with van der Waals surface area (Å²) >= 11 is 0. The highest BCUT2D eigenvalue weighted by molar-refractivity contribution is 5.73. The van der Waals surface area contributed by atoms with Gasteiger partial charge in [0.2, 0.25) is 0 Å². The molecule has 2 saturated heterocycles. The van der Waals surface area contributed by atoms with Crippen molar-refractivity contribution in [2.75, 3.05) is 59.7 Å². The average Bonchev–Trinajstić information content (AvgIpc) is 3.55. The molecule has 2 saturated carbocycles. The van der Waals surface area contributed by atoms with Gasteiger partial charge in [-0.2, -0.15) is 26.3 Å². The topological polar surface area (TPSA) is 99.5 Å². The number of hydrogen-bond acceptors (Lipinski definition) is 6. The molecule has 1 spiro atoms. The van der Waals surface area contributed by atoms with Crippen LogP contribution in [-0.4, -0.2) is 110 Å². The van der Waals surface area contributed by atoms with Crippen LogP contribution in [0.25, 0.3) is 0 Å². The number of carboxylic acids is 2. The number of hydrogen-bond donors (Lipinski definition) is 2. The van der Waals surface area contributed by atoms with Crippen molar-refractivity contribution in [3.05, 3.63) is 0 Å². The average molecular weight is 565 g/mol. The first-order valence-corrected chi connectivity index (χ1v) is 12.8. The van der Waals surface area contributed by atoms with Gasteiger partial charge < -0.3 is 29.5 Å². The van der Waals surface area contributed by atoms with Gasteiger partial charge in [0, 0.05) is 45.3 Å². The summed E-state index contributed by atoms with van der Waals surface area (Å²) in [6.07, 6.45) is -0.274. The first-order valence-electron chi connectivity index (χ1n) is 12.8. The van der Waals surface area contributed by atoms with E-state index in [1.165, 1.54) is 71.1 Å². The highest BCUT2D eigenvalue weighted by atomic mass is 19.4. The molecule has 0 radical (unpaired) electrons. The van der Waals surface area contributed by atoms with Crippen LogP contribution in [0.2, 0.25) is 0 Å².